The van der Waals surface area contributed by atoms with Crippen LogP contribution in [0.3, 0.4) is 0 Å². The number of hydrogen-bond donors (Lipinski definition) is 3. The summed E-state index contributed by atoms with van der Waals surface area (Å²) in [6, 6.07) is 6.18. The second-order valence-corrected chi connectivity index (χ2v) is 11.9. The average molecular weight is 668 g/mol. The number of hydrogen-bond acceptors (Lipinski definition) is 10. The Labute approximate surface area is 272 Å². The highest BCUT2D eigenvalue weighted by molar-refractivity contribution is 6.31. The largest absolute Gasteiger partial charge is 0.454 e. The van der Waals surface area contributed by atoms with E-state index >= 15 is 0 Å². The quantitative estimate of drug-likeness (QED) is 0.177. The van der Waals surface area contributed by atoms with E-state index < -0.39 is 35.2 Å². The second kappa shape index (κ2) is 14.0. The zero-order valence-electron chi connectivity index (χ0n) is 25.6. The van der Waals surface area contributed by atoms with Gasteiger partial charge in [0.05, 0.1) is 41.4 Å². The first-order valence-corrected chi connectivity index (χ1v) is 14.8. The number of imidazole rings is 1. The lowest BCUT2D eigenvalue weighted by molar-refractivity contribution is -0.137. The summed E-state index contributed by atoms with van der Waals surface area (Å²) in [4.78, 5) is 60.8. The van der Waals surface area contributed by atoms with Crippen LogP contribution in [-0.2, 0) is 23.9 Å². The Morgan fingerprint density at radius 1 is 1.17 bits per heavy atom. The number of carbonyl (C=O) groups is 4. The fraction of sp³-hybridized carbons (Fsp3) is 0.333. The van der Waals surface area contributed by atoms with Crippen LogP contribution in [-0.4, -0.2) is 96.7 Å². The van der Waals surface area contributed by atoms with Gasteiger partial charge in [0.25, 0.3) is 0 Å². The molecule has 4 aromatic rings. The number of ether oxygens (including phenoxy) is 2. The number of benzene rings is 2. The summed E-state index contributed by atoms with van der Waals surface area (Å²) in [7, 11) is 0. The molecule has 1 saturated heterocycles. The Balaban J connectivity index is 1.35. The van der Waals surface area contributed by atoms with Crippen LogP contribution in [0.1, 0.15) is 43.4 Å². The van der Waals surface area contributed by atoms with Crippen molar-refractivity contribution in [3.63, 3.8) is 0 Å². The van der Waals surface area contributed by atoms with E-state index in [1.165, 1.54) is 29.2 Å². The molecule has 0 unspecified atom stereocenters. The summed E-state index contributed by atoms with van der Waals surface area (Å²) < 4.78 is 26.9. The van der Waals surface area contributed by atoms with E-state index in [-0.39, 0.29) is 34.4 Å². The van der Waals surface area contributed by atoms with Gasteiger partial charge in [-0.2, -0.15) is 4.68 Å². The number of tetrazole rings is 1. The maximum atomic E-state index is 15.0. The minimum Gasteiger partial charge on any atom is -0.454 e. The number of fused-ring (bicyclic) bond motifs is 1. The minimum absolute atomic E-state index is 0.00850. The number of H-pyrrole nitrogens is 1. The van der Waals surface area contributed by atoms with E-state index in [0.29, 0.717) is 43.0 Å². The van der Waals surface area contributed by atoms with Crippen LogP contribution in [0.5, 0.6) is 0 Å². The molecular weight excluding hydrogens is 637 g/mol. The van der Waals surface area contributed by atoms with Gasteiger partial charge in [0.2, 0.25) is 23.5 Å². The van der Waals surface area contributed by atoms with Crippen LogP contribution in [0.4, 0.5) is 10.1 Å². The Bertz CT molecular complexity index is 1830. The summed E-state index contributed by atoms with van der Waals surface area (Å²) in [6.07, 6.45) is 3.07. The summed E-state index contributed by atoms with van der Waals surface area (Å²) >= 11 is 5.97. The first kappa shape index (κ1) is 33.2. The molecule has 3 amide bonds. The van der Waals surface area contributed by atoms with Gasteiger partial charge >= 0.3 is 5.97 Å². The van der Waals surface area contributed by atoms with Crippen molar-refractivity contribution in [2.24, 2.45) is 0 Å². The first-order chi connectivity index (χ1) is 22.4. The van der Waals surface area contributed by atoms with E-state index in [2.05, 4.69) is 36.1 Å². The maximum absolute atomic E-state index is 15.0. The van der Waals surface area contributed by atoms with E-state index in [9.17, 15) is 23.6 Å². The lowest BCUT2D eigenvalue weighted by atomic mass is 10.1. The molecule has 2 aromatic carbocycles. The van der Waals surface area contributed by atoms with Crippen molar-refractivity contribution in [2.45, 2.75) is 38.8 Å². The maximum Gasteiger partial charge on any atom is 0.374 e. The second-order valence-electron chi connectivity index (χ2n) is 11.4. The van der Waals surface area contributed by atoms with Gasteiger partial charge in [-0.25, -0.2) is 14.2 Å². The van der Waals surface area contributed by atoms with E-state index in [0.717, 1.165) is 6.08 Å². The Kier molecular flexibility index (Phi) is 9.91. The van der Waals surface area contributed by atoms with Crippen LogP contribution in [0.15, 0.2) is 42.7 Å². The molecule has 0 radical (unpaired) electrons. The average Bonchev–Trinajstić information content (AvgIpc) is 3.71. The van der Waals surface area contributed by atoms with Gasteiger partial charge in [-0.05, 0) is 67.6 Å². The summed E-state index contributed by atoms with van der Waals surface area (Å²) in [5.74, 6) is -3.31. The molecule has 2 aromatic heterocycles. The molecule has 3 heterocycles. The molecule has 15 nitrogen and oxygen atoms in total. The number of aromatic amines is 1. The lowest BCUT2D eigenvalue weighted by Crippen LogP contribution is -2.48. The molecular formula is C30H31ClFN9O6. The highest BCUT2D eigenvalue weighted by Crippen LogP contribution is 2.25. The Morgan fingerprint density at radius 3 is 2.64 bits per heavy atom. The third kappa shape index (κ3) is 8.33. The molecule has 0 saturated carbocycles. The van der Waals surface area contributed by atoms with E-state index in [1.807, 2.05) is 0 Å². The van der Waals surface area contributed by atoms with Crippen molar-refractivity contribution in [2.75, 3.05) is 31.6 Å². The number of esters is 1. The van der Waals surface area contributed by atoms with Crippen molar-refractivity contribution in [3.8, 4) is 5.69 Å². The smallest absolute Gasteiger partial charge is 0.374 e. The van der Waals surface area contributed by atoms with Gasteiger partial charge in [-0.15, -0.1) is 5.10 Å². The zero-order valence-corrected chi connectivity index (χ0v) is 26.4. The topological polar surface area (TPSA) is 186 Å². The summed E-state index contributed by atoms with van der Waals surface area (Å²) in [6.45, 7) is 6.58. The van der Waals surface area contributed by atoms with Crippen molar-refractivity contribution in [1.82, 2.24) is 40.4 Å². The van der Waals surface area contributed by atoms with Crippen LogP contribution < -0.4 is 10.6 Å². The molecule has 1 atom stereocenters. The number of halogens is 2. The van der Waals surface area contributed by atoms with Gasteiger partial charge in [0, 0.05) is 30.4 Å². The molecule has 246 valence electrons. The molecule has 17 heteroatoms. The fourth-order valence-electron chi connectivity index (χ4n) is 4.63. The van der Waals surface area contributed by atoms with Crippen molar-refractivity contribution < 1.29 is 33.0 Å². The van der Waals surface area contributed by atoms with Gasteiger partial charge in [-0.3, -0.25) is 14.4 Å². The first-order valence-electron chi connectivity index (χ1n) is 14.5. The zero-order chi connectivity index (χ0) is 33.7. The number of nitrogens with one attached hydrogen (secondary N) is 3. The minimum atomic E-state index is -1.32. The van der Waals surface area contributed by atoms with Crippen LogP contribution in [0, 0.1) is 5.82 Å². The predicted molar refractivity (Wildman–Crippen MR) is 167 cm³/mol. The van der Waals surface area contributed by atoms with Gasteiger partial charge in [0.1, 0.15) is 18.0 Å². The Morgan fingerprint density at radius 2 is 1.94 bits per heavy atom. The standard InChI is InChI=1S/C30H31ClFN9O6/c1-30(2,3)47-29(45)27-36-20-7-4-17(14-21(20)37-27)34-28(44)22(15-25(43)40-10-12-46-13-11-40)35-24(42)9-5-18-23(41-16-33-38-39-41)8-6-19(31)26(18)32/h4-9,14,16,22H,10-13,15H2,1-3H3,(H,34,44)(H,35,42)(H,36,37)/b9-5+/t22-/m0/s1. The van der Waals surface area contributed by atoms with E-state index in [4.69, 9.17) is 21.1 Å². The highest BCUT2D eigenvalue weighted by Gasteiger charge is 2.28. The van der Waals surface area contributed by atoms with Gasteiger partial charge in [0.15, 0.2) is 5.82 Å². The van der Waals surface area contributed by atoms with Crippen LogP contribution in [0.25, 0.3) is 22.8 Å². The Hall–Kier alpha value is -5.22. The molecule has 5 rings (SSSR count). The fourth-order valence-corrected chi connectivity index (χ4v) is 4.80. The predicted octanol–water partition coefficient (Wildman–Crippen LogP) is 2.67. The van der Waals surface area contributed by atoms with Crippen molar-refractivity contribution >= 4 is 58.1 Å². The molecule has 0 aliphatic carbocycles. The number of aromatic nitrogens is 6. The number of rotatable bonds is 9. The third-order valence-electron chi connectivity index (χ3n) is 6.82. The number of nitrogens with zero attached hydrogens (tertiary/aromatic N) is 6. The van der Waals surface area contributed by atoms with Gasteiger partial charge < -0.3 is 30.0 Å². The third-order valence-corrected chi connectivity index (χ3v) is 7.12. The summed E-state index contributed by atoms with van der Waals surface area (Å²) in [5.41, 5.74) is 0.615. The molecule has 0 bridgehead atoms. The van der Waals surface area contributed by atoms with Crippen molar-refractivity contribution in [3.05, 3.63) is 65.0 Å². The number of carbonyl (C=O) groups excluding carboxylic acids is 4. The number of amides is 3. The highest BCUT2D eigenvalue weighted by atomic mass is 35.5. The number of anilines is 1. The van der Waals surface area contributed by atoms with Gasteiger partial charge in [-0.1, -0.05) is 11.6 Å². The molecule has 1 fully saturated rings. The lowest BCUT2D eigenvalue weighted by Gasteiger charge is -2.28. The molecule has 1 aliphatic heterocycles. The normalized spacial score (nSPS) is 14.3. The monoisotopic (exact) mass is 667 g/mol. The molecule has 3 N–H and O–H groups in total. The molecule has 0 spiro atoms. The van der Waals surface area contributed by atoms with Crippen molar-refractivity contribution in [1.29, 1.82) is 0 Å². The summed E-state index contributed by atoms with van der Waals surface area (Å²) in [5, 5.41) is 15.9. The number of morpholine rings is 1. The van der Waals surface area contributed by atoms with E-state index in [1.54, 1.807) is 43.9 Å². The SMILES string of the molecule is CC(C)(C)OC(=O)c1nc2ccc(NC(=O)[C@H](CC(=O)N3CCOCC3)NC(=O)/C=C/c3c(-n4cnnn4)ccc(Cl)c3F)cc2[nH]1. The molecule has 47 heavy (non-hydrogen) atoms. The van der Waals surface area contributed by atoms with Crippen LogP contribution >= 0.6 is 11.6 Å². The van der Waals surface area contributed by atoms with Crippen LogP contribution in [0.2, 0.25) is 5.02 Å². The molecule has 1 aliphatic rings.